The van der Waals surface area contributed by atoms with E-state index in [0.717, 1.165) is 42.4 Å². The highest BCUT2D eigenvalue weighted by Crippen LogP contribution is 2.48. The van der Waals surface area contributed by atoms with E-state index in [1.807, 2.05) is 0 Å². The van der Waals surface area contributed by atoms with Gasteiger partial charge in [-0.1, -0.05) is 19.8 Å². The lowest BCUT2D eigenvalue weighted by Crippen LogP contribution is -2.39. The van der Waals surface area contributed by atoms with Crippen molar-refractivity contribution in [2.24, 2.45) is 41.4 Å². The highest BCUT2D eigenvalue weighted by molar-refractivity contribution is 4.89. The molecule has 4 saturated carbocycles. The fourth-order valence-corrected chi connectivity index (χ4v) is 7.78. The van der Waals surface area contributed by atoms with Gasteiger partial charge in [0.1, 0.15) is 6.17 Å². The van der Waals surface area contributed by atoms with Gasteiger partial charge >= 0.3 is 6.36 Å². The fraction of sp³-hybridized carbons (Fsp3) is 1.00. The number of rotatable bonds is 4. The molecule has 0 aliphatic heterocycles. The van der Waals surface area contributed by atoms with Gasteiger partial charge in [0.15, 0.2) is 0 Å². The highest BCUT2D eigenvalue weighted by atomic mass is 19.4. The normalized spacial score (nSPS) is 45.4. The Balaban J connectivity index is 1.17. The van der Waals surface area contributed by atoms with Gasteiger partial charge in [0, 0.05) is 0 Å². The molecule has 0 aromatic carbocycles. The SMILES string of the molecule is CC1CCC(C2CCC(C3CCC(C4CCC(OC(F)(F)F)C(F)C4)CC3)CC2)CC1. The Bertz CT molecular complexity index is 540. The second-order valence-electron chi connectivity index (χ2n) is 11.6. The third-order valence-electron chi connectivity index (χ3n) is 9.73. The highest BCUT2D eigenvalue weighted by Gasteiger charge is 2.43. The number of hydrogen-bond donors (Lipinski definition) is 0. The molecule has 0 aromatic rings. The van der Waals surface area contributed by atoms with Crippen molar-refractivity contribution >= 4 is 0 Å². The van der Waals surface area contributed by atoms with Gasteiger partial charge in [0.05, 0.1) is 6.10 Å². The first-order chi connectivity index (χ1) is 14.8. The molecule has 3 atom stereocenters. The summed E-state index contributed by atoms with van der Waals surface area (Å²) in [5.41, 5.74) is 0. The molecule has 0 aromatic heterocycles. The summed E-state index contributed by atoms with van der Waals surface area (Å²) in [6.07, 6.45) is 9.84. The first kappa shape index (κ1) is 23.8. The van der Waals surface area contributed by atoms with Gasteiger partial charge in [-0.2, -0.15) is 0 Å². The topological polar surface area (TPSA) is 9.23 Å². The quantitative estimate of drug-likeness (QED) is 0.394. The molecular formula is C26H42F4O. The van der Waals surface area contributed by atoms with Crippen LogP contribution < -0.4 is 0 Å². The summed E-state index contributed by atoms with van der Waals surface area (Å²) in [7, 11) is 0. The second kappa shape index (κ2) is 10.3. The lowest BCUT2D eigenvalue weighted by atomic mass is 9.63. The Morgan fingerprint density at radius 1 is 0.548 bits per heavy atom. The molecule has 0 N–H and O–H groups in total. The zero-order chi connectivity index (χ0) is 22.0. The minimum atomic E-state index is -4.73. The van der Waals surface area contributed by atoms with Crippen molar-refractivity contribution in [2.45, 2.75) is 122 Å². The minimum Gasteiger partial charge on any atom is -0.286 e. The van der Waals surface area contributed by atoms with E-state index < -0.39 is 18.6 Å². The average molecular weight is 447 g/mol. The van der Waals surface area contributed by atoms with Crippen molar-refractivity contribution in [1.29, 1.82) is 0 Å². The van der Waals surface area contributed by atoms with Crippen LogP contribution >= 0.6 is 0 Å². The third kappa shape index (κ3) is 6.38. The van der Waals surface area contributed by atoms with Crippen LogP contribution in [0.1, 0.15) is 103 Å². The molecular weight excluding hydrogens is 404 g/mol. The maximum absolute atomic E-state index is 14.3. The van der Waals surface area contributed by atoms with Crippen molar-refractivity contribution in [3.8, 4) is 0 Å². The third-order valence-corrected chi connectivity index (χ3v) is 9.73. The summed E-state index contributed by atoms with van der Waals surface area (Å²) in [4.78, 5) is 0. The van der Waals surface area contributed by atoms with Crippen LogP contribution in [-0.2, 0) is 4.74 Å². The van der Waals surface area contributed by atoms with Crippen LogP contribution in [0.2, 0.25) is 0 Å². The summed E-state index contributed by atoms with van der Waals surface area (Å²) in [5.74, 6) is 5.34. The van der Waals surface area contributed by atoms with Gasteiger partial charge in [0.2, 0.25) is 0 Å². The number of ether oxygens (including phenoxy) is 1. The van der Waals surface area contributed by atoms with Gasteiger partial charge in [-0.3, -0.25) is 4.74 Å². The Labute approximate surface area is 186 Å². The molecule has 0 heterocycles. The summed E-state index contributed by atoms with van der Waals surface area (Å²) >= 11 is 0. The molecule has 0 amide bonds. The van der Waals surface area contributed by atoms with E-state index in [0.29, 0.717) is 12.3 Å². The van der Waals surface area contributed by atoms with Crippen LogP contribution in [0, 0.1) is 41.4 Å². The Hall–Kier alpha value is -0.320. The zero-order valence-corrected chi connectivity index (χ0v) is 19.2. The zero-order valence-electron chi connectivity index (χ0n) is 19.2. The molecule has 3 unspecified atom stereocenters. The largest absolute Gasteiger partial charge is 0.522 e. The van der Waals surface area contributed by atoms with E-state index in [4.69, 9.17) is 0 Å². The van der Waals surface area contributed by atoms with Crippen molar-refractivity contribution < 1.29 is 22.3 Å². The Kier molecular flexibility index (Phi) is 7.92. The smallest absolute Gasteiger partial charge is 0.286 e. The fourth-order valence-electron chi connectivity index (χ4n) is 7.78. The molecule has 5 heteroatoms. The lowest BCUT2D eigenvalue weighted by Gasteiger charge is -2.43. The maximum Gasteiger partial charge on any atom is 0.522 e. The van der Waals surface area contributed by atoms with Gasteiger partial charge in [-0.05, 0) is 125 Å². The molecule has 4 aliphatic rings. The van der Waals surface area contributed by atoms with Crippen LogP contribution in [0.25, 0.3) is 0 Å². The van der Waals surface area contributed by atoms with Crippen LogP contribution in [0.4, 0.5) is 17.6 Å². The van der Waals surface area contributed by atoms with Gasteiger partial charge in [-0.25, -0.2) is 4.39 Å². The van der Waals surface area contributed by atoms with E-state index >= 15 is 0 Å². The molecule has 1 nitrogen and oxygen atoms in total. The first-order valence-electron chi connectivity index (χ1n) is 13.2. The summed E-state index contributed by atoms with van der Waals surface area (Å²) in [6.45, 7) is 2.40. The second-order valence-corrected chi connectivity index (χ2v) is 11.6. The monoisotopic (exact) mass is 446 g/mol. The Morgan fingerprint density at radius 3 is 1.29 bits per heavy atom. The molecule has 4 aliphatic carbocycles. The van der Waals surface area contributed by atoms with E-state index in [9.17, 15) is 17.6 Å². The van der Waals surface area contributed by atoms with Crippen LogP contribution in [0.3, 0.4) is 0 Å². The molecule has 4 rings (SSSR count). The standard InChI is InChI=1S/C26H42F4O/c1-17-2-4-18(5-3-17)19-6-8-20(9-7-19)21-10-12-22(13-11-21)23-14-15-25(24(27)16-23)31-26(28,29)30/h17-25H,2-16H2,1H3. The summed E-state index contributed by atoms with van der Waals surface area (Å²) < 4.78 is 55.7. The lowest BCUT2D eigenvalue weighted by molar-refractivity contribution is -0.352. The summed E-state index contributed by atoms with van der Waals surface area (Å²) in [6, 6.07) is 0. The minimum absolute atomic E-state index is 0.204. The van der Waals surface area contributed by atoms with Crippen molar-refractivity contribution in [3.05, 3.63) is 0 Å². The Morgan fingerprint density at radius 2 is 0.903 bits per heavy atom. The predicted octanol–water partition coefficient (Wildman–Crippen LogP) is 8.47. The van der Waals surface area contributed by atoms with Crippen LogP contribution in [0.15, 0.2) is 0 Å². The first-order valence-corrected chi connectivity index (χ1v) is 13.2. The number of halogens is 4. The maximum atomic E-state index is 14.3. The van der Waals surface area contributed by atoms with Gasteiger partial charge in [-0.15, -0.1) is 13.2 Å². The molecule has 0 radical (unpaired) electrons. The van der Waals surface area contributed by atoms with Crippen LogP contribution in [0.5, 0.6) is 0 Å². The average Bonchev–Trinajstić information content (AvgIpc) is 2.75. The van der Waals surface area contributed by atoms with Crippen LogP contribution in [-0.4, -0.2) is 18.6 Å². The van der Waals surface area contributed by atoms with E-state index in [1.54, 1.807) is 0 Å². The molecule has 0 saturated heterocycles. The molecule has 4 fully saturated rings. The molecule has 0 spiro atoms. The van der Waals surface area contributed by atoms with Gasteiger partial charge < -0.3 is 0 Å². The van der Waals surface area contributed by atoms with Crippen molar-refractivity contribution in [1.82, 2.24) is 0 Å². The predicted molar refractivity (Wildman–Crippen MR) is 115 cm³/mol. The van der Waals surface area contributed by atoms with Crippen molar-refractivity contribution in [3.63, 3.8) is 0 Å². The number of alkyl halides is 4. The van der Waals surface area contributed by atoms with Crippen molar-refractivity contribution in [2.75, 3.05) is 0 Å². The van der Waals surface area contributed by atoms with E-state index in [1.165, 1.54) is 64.2 Å². The van der Waals surface area contributed by atoms with Gasteiger partial charge in [0.25, 0.3) is 0 Å². The molecule has 31 heavy (non-hydrogen) atoms. The molecule has 0 bridgehead atoms. The molecule has 180 valence electrons. The number of hydrogen-bond acceptors (Lipinski definition) is 1. The summed E-state index contributed by atoms with van der Waals surface area (Å²) in [5, 5.41) is 0. The van der Waals surface area contributed by atoms with E-state index in [-0.39, 0.29) is 18.8 Å². The van der Waals surface area contributed by atoms with E-state index in [2.05, 4.69) is 11.7 Å².